The smallest absolute Gasteiger partial charge is 0.211 e. The molecule has 70 valence electrons. The molecule has 0 atom stereocenters. The molecule has 2 nitrogen and oxygen atoms in total. The molecule has 0 fully saturated rings. The number of nitrogens with zero attached hydrogens (tertiary/aromatic N) is 1. The summed E-state index contributed by atoms with van der Waals surface area (Å²) in [5.74, 6) is 6.40. The number of alkyl halides is 1. The summed E-state index contributed by atoms with van der Waals surface area (Å²) in [7, 11) is 0. The number of carbonyl (C=O) groups excluding carboxylic acids is 1. The van der Waals surface area contributed by atoms with Crippen molar-refractivity contribution < 1.29 is 4.79 Å². The maximum Gasteiger partial charge on any atom is 0.240 e. The summed E-state index contributed by atoms with van der Waals surface area (Å²) in [5.41, 5.74) is 1.47. The van der Waals surface area contributed by atoms with Crippen LogP contribution in [0.3, 0.4) is 0 Å². The molecule has 0 N–H and O–H groups in total. The average molecular weight is 206 g/mol. The molecule has 0 amide bonds. The number of isocyanates is 1. The van der Waals surface area contributed by atoms with E-state index in [1.807, 2.05) is 0 Å². The first-order valence-corrected chi connectivity index (χ1v) is 4.63. The van der Waals surface area contributed by atoms with E-state index in [0.717, 1.165) is 5.56 Å². The average Bonchev–Trinajstić information content (AvgIpc) is 2.21. The minimum Gasteiger partial charge on any atom is -0.211 e. The van der Waals surface area contributed by atoms with Crippen molar-refractivity contribution in [3.63, 3.8) is 0 Å². The summed E-state index contributed by atoms with van der Waals surface area (Å²) in [5, 5.41) is 0. The summed E-state index contributed by atoms with van der Waals surface area (Å²) < 4.78 is 0. The second-order valence-corrected chi connectivity index (χ2v) is 2.87. The molecule has 0 saturated carbocycles. The minimum atomic E-state index is 0.542. The van der Waals surface area contributed by atoms with Crippen molar-refractivity contribution in [2.75, 3.05) is 5.88 Å². The zero-order valence-corrected chi connectivity index (χ0v) is 8.21. The molecule has 3 heteroatoms. The van der Waals surface area contributed by atoms with Crippen LogP contribution in [0.2, 0.25) is 0 Å². The molecule has 0 bridgehead atoms. The summed E-state index contributed by atoms with van der Waals surface area (Å²) >= 11 is 5.47. The van der Waals surface area contributed by atoms with Gasteiger partial charge in [-0.2, -0.15) is 4.99 Å². The van der Waals surface area contributed by atoms with Crippen LogP contribution >= 0.6 is 11.6 Å². The van der Waals surface area contributed by atoms with Crippen LogP contribution in [0.1, 0.15) is 12.0 Å². The first-order chi connectivity index (χ1) is 6.86. The highest BCUT2D eigenvalue weighted by atomic mass is 35.5. The van der Waals surface area contributed by atoms with Crippen molar-refractivity contribution in [1.29, 1.82) is 0 Å². The summed E-state index contributed by atoms with van der Waals surface area (Å²) in [4.78, 5) is 13.4. The maximum atomic E-state index is 9.94. The fraction of sp³-hybridized carbons (Fsp3) is 0.182. The first-order valence-electron chi connectivity index (χ1n) is 4.09. The third-order valence-electron chi connectivity index (χ3n) is 1.49. The van der Waals surface area contributed by atoms with Crippen molar-refractivity contribution in [3.05, 3.63) is 29.8 Å². The fourth-order valence-electron chi connectivity index (χ4n) is 0.884. The first kappa shape index (κ1) is 10.5. The van der Waals surface area contributed by atoms with Gasteiger partial charge in [0.05, 0.1) is 5.69 Å². The van der Waals surface area contributed by atoms with Crippen LogP contribution in [0.25, 0.3) is 0 Å². The lowest BCUT2D eigenvalue weighted by Gasteiger charge is -1.90. The van der Waals surface area contributed by atoms with Crippen molar-refractivity contribution in [2.24, 2.45) is 4.99 Å². The highest BCUT2D eigenvalue weighted by molar-refractivity contribution is 6.18. The van der Waals surface area contributed by atoms with Gasteiger partial charge in [0.25, 0.3) is 0 Å². The Hall–Kier alpha value is -1.55. The summed E-state index contributed by atoms with van der Waals surface area (Å²) in [6.45, 7) is 0. The molecule has 0 aliphatic carbocycles. The van der Waals surface area contributed by atoms with E-state index in [9.17, 15) is 4.79 Å². The van der Waals surface area contributed by atoms with Crippen LogP contribution in [-0.4, -0.2) is 12.0 Å². The van der Waals surface area contributed by atoms with Gasteiger partial charge < -0.3 is 0 Å². The highest BCUT2D eigenvalue weighted by Gasteiger charge is 1.88. The molecule has 1 aromatic carbocycles. The predicted octanol–water partition coefficient (Wildman–Crippen LogP) is 2.63. The Labute approximate surface area is 87.6 Å². The van der Waals surface area contributed by atoms with Gasteiger partial charge in [0.15, 0.2) is 0 Å². The third kappa shape index (κ3) is 3.45. The van der Waals surface area contributed by atoms with Gasteiger partial charge in [-0.3, -0.25) is 0 Å². The standard InChI is InChI=1S/C11H8ClNO/c12-8-2-1-3-10-4-6-11(7-5-10)13-9-14/h4-7H,2,8H2. The van der Waals surface area contributed by atoms with Crippen LogP contribution < -0.4 is 0 Å². The molecule has 0 unspecified atom stereocenters. The number of hydrogen-bond donors (Lipinski definition) is 0. The quantitative estimate of drug-likeness (QED) is 0.316. The molecule has 0 aliphatic rings. The third-order valence-corrected chi connectivity index (χ3v) is 1.68. The molecular weight excluding hydrogens is 198 g/mol. The Bertz CT molecular complexity index is 394. The number of benzene rings is 1. The van der Waals surface area contributed by atoms with Crippen LogP contribution in [0.4, 0.5) is 5.69 Å². The lowest BCUT2D eigenvalue weighted by molar-refractivity contribution is 0.565. The monoisotopic (exact) mass is 205 g/mol. The molecular formula is C11H8ClNO. The second kappa shape index (κ2) is 5.99. The van der Waals surface area contributed by atoms with Crippen LogP contribution in [0, 0.1) is 11.8 Å². The van der Waals surface area contributed by atoms with E-state index in [-0.39, 0.29) is 0 Å². The van der Waals surface area contributed by atoms with E-state index in [1.165, 1.54) is 6.08 Å². The van der Waals surface area contributed by atoms with Gasteiger partial charge >= 0.3 is 0 Å². The van der Waals surface area contributed by atoms with Gasteiger partial charge in [0.1, 0.15) is 0 Å². The topological polar surface area (TPSA) is 29.4 Å². The van der Waals surface area contributed by atoms with Crippen LogP contribution in [0.5, 0.6) is 0 Å². The van der Waals surface area contributed by atoms with Gasteiger partial charge in [-0.05, 0) is 24.3 Å². The summed E-state index contributed by atoms with van der Waals surface area (Å²) in [6, 6.07) is 7.04. The minimum absolute atomic E-state index is 0.542. The number of hydrogen-bond acceptors (Lipinski definition) is 2. The molecule has 14 heavy (non-hydrogen) atoms. The lowest BCUT2D eigenvalue weighted by atomic mass is 10.2. The number of halogens is 1. The van der Waals surface area contributed by atoms with Crippen molar-refractivity contribution in [2.45, 2.75) is 6.42 Å². The molecule has 1 rings (SSSR count). The fourth-order valence-corrected chi connectivity index (χ4v) is 0.978. The van der Waals surface area contributed by atoms with E-state index in [1.54, 1.807) is 24.3 Å². The predicted molar refractivity (Wildman–Crippen MR) is 56.4 cm³/mol. The number of rotatable bonds is 2. The van der Waals surface area contributed by atoms with Crippen molar-refractivity contribution >= 4 is 23.4 Å². The van der Waals surface area contributed by atoms with E-state index >= 15 is 0 Å². The molecule has 1 aromatic rings. The second-order valence-electron chi connectivity index (χ2n) is 2.49. The zero-order valence-electron chi connectivity index (χ0n) is 7.46. The van der Waals surface area contributed by atoms with Gasteiger partial charge in [-0.1, -0.05) is 11.8 Å². The molecule has 0 heterocycles. The Morgan fingerprint density at radius 1 is 1.29 bits per heavy atom. The largest absolute Gasteiger partial charge is 0.240 e. The maximum absolute atomic E-state index is 9.94. The van der Waals surface area contributed by atoms with E-state index in [0.29, 0.717) is 18.0 Å². The van der Waals surface area contributed by atoms with E-state index < -0.39 is 0 Å². The van der Waals surface area contributed by atoms with Crippen LogP contribution in [-0.2, 0) is 4.79 Å². The van der Waals surface area contributed by atoms with E-state index in [4.69, 9.17) is 11.6 Å². The molecule has 0 aliphatic heterocycles. The van der Waals surface area contributed by atoms with Gasteiger partial charge in [0.2, 0.25) is 6.08 Å². The Morgan fingerprint density at radius 2 is 2.00 bits per heavy atom. The lowest BCUT2D eigenvalue weighted by Crippen LogP contribution is -1.73. The van der Waals surface area contributed by atoms with E-state index in [2.05, 4.69) is 16.8 Å². The molecule has 0 radical (unpaired) electrons. The Kier molecular flexibility index (Phi) is 4.50. The molecule has 0 aromatic heterocycles. The van der Waals surface area contributed by atoms with Crippen LogP contribution in [0.15, 0.2) is 29.3 Å². The van der Waals surface area contributed by atoms with Crippen molar-refractivity contribution in [3.8, 4) is 11.8 Å². The Balaban J connectivity index is 2.74. The summed E-state index contributed by atoms with van der Waals surface area (Å²) in [6.07, 6.45) is 2.15. The van der Waals surface area contributed by atoms with Gasteiger partial charge in [-0.15, -0.1) is 11.6 Å². The van der Waals surface area contributed by atoms with Crippen molar-refractivity contribution in [1.82, 2.24) is 0 Å². The Morgan fingerprint density at radius 3 is 2.57 bits per heavy atom. The number of aliphatic imine (C=N–C) groups is 1. The SMILES string of the molecule is O=C=Nc1ccc(C#CCCCl)cc1. The molecule has 0 spiro atoms. The zero-order chi connectivity index (χ0) is 10.2. The molecule has 0 saturated heterocycles. The van der Waals surface area contributed by atoms with Gasteiger partial charge in [0, 0.05) is 17.9 Å². The normalized spacial score (nSPS) is 8.36. The van der Waals surface area contributed by atoms with Gasteiger partial charge in [-0.25, -0.2) is 4.79 Å². The highest BCUT2D eigenvalue weighted by Crippen LogP contribution is 2.11.